The molecule has 1 aliphatic rings. The van der Waals surface area contributed by atoms with Crippen molar-refractivity contribution in [2.24, 2.45) is 11.8 Å². The molecule has 0 spiro atoms. The van der Waals surface area contributed by atoms with E-state index in [4.69, 9.17) is 9.47 Å². The molecule has 124 valence electrons. The molecule has 1 N–H and O–H groups in total. The van der Waals surface area contributed by atoms with Crippen molar-refractivity contribution in [3.05, 3.63) is 0 Å². The number of carbonyl (C=O) groups is 1. The number of rotatable bonds is 10. The van der Waals surface area contributed by atoms with Gasteiger partial charge in [0, 0.05) is 40.3 Å². The number of nitrogens with zero attached hydrogens (tertiary/aromatic N) is 1. The molecule has 1 aliphatic heterocycles. The number of methoxy groups -OCH3 is 2. The van der Waals surface area contributed by atoms with E-state index in [1.54, 1.807) is 14.2 Å². The van der Waals surface area contributed by atoms with Gasteiger partial charge in [0.05, 0.1) is 6.61 Å². The van der Waals surface area contributed by atoms with E-state index in [1.807, 2.05) is 4.90 Å². The van der Waals surface area contributed by atoms with E-state index in [9.17, 15) is 4.79 Å². The molecule has 1 amide bonds. The number of amides is 1. The number of hydrogen-bond donors (Lipinski definition) is 1. The maximum absolute atomic E-state index is 12.5. The van der Waals surface area contributed by atoms with Crippen molar-refractivity contribution < 1.29 is 14.3 Å². The van der Waals surface area contributed by atoms with E-state index in [-0.39, 0.29) is 5.91 Å². The minimum absolute atomic E-state index is 0.259. The predicted octanol–water partition coefficient (Wildman–Crippen LogP) is 1.52. The van der Waals surface area contributed by atoms with Gasteiger partial charge in [-0.05, 0) is 44.2 Å². The minimum atomic E-state index is 0.259. The first-order chi connectivity index (χ1) is 10.2. The molecular formula is C16H32N2O3. The van der Waals surface area contributed by atoms with Gasteiger partial charge in [-0.15, -0.1) is 0 Å². The number of piperidine rings is 1. The monoisotopic (exact) mass is 300 g/mol. The average molecular weight is 300 g/mol. The van der Waals surface area contributed by atoms with Gasteiger partial charge < -0.3 is 19.7 Å². The zero-order chi connectivity index (χ0) is 15.5. The maximum Gasteiger partial charge on any atom is 0.222 e. The maximum atomic E-state index is 12.5. The highest BCUT2D eigenvalue weighted by Crippen LogP contribution is 2.24. The van der Waals surface area contributed by atoms with Crippen LogP contribution in [0.1, 0.15) is 32.6 Å². The Labute approximate surface area is 129 Å². The molecular weight excluding hydrogens is 268 g/mol. The van der Waals surface area contributed by atoms with Gasteiger partial charge >= 0.3 is 0 Å². The zero-order valence-corrected chi connectivity index (χ0v) is 13.9. The third kappa shape index (κ3) is 7.25. The summed E-state index contributed by atoms with van der Waals surface area (Å²) in [6, 6.07) is 0. The van der Waals surface area contributed by atoms with Gasteiger partial charge in [0.1, 0.15) is 0 Å². The van der Waals surface area contributed by atoms with Crippen LogP contribution in [-0.2, 0) is 14.3 Å². The smallest absolute Gasteiger partial charge is 0.222 e. The van der Waals surface area contributed by atoms with Crippen molar-refractivity contribution >= 4 is 5.91 Å². The van der Waals surface area contributed by atoms with E-state index in [0.29, 0.717) is 38.0 Å². The lowest BCUT2D eigenvalue weighted by molar-refractivity contribution is -0.133. The van der Waals surface area contributed by atoms with E-state index < -0.39 is 0 Å². The summed E-state index contributed by atoms with van der Waals surface area (Å²) >= 11 is 0. The molecule has 0 bridgehead atoms. The van der Waals surface area contributed by atoms with Gasteiger partial charge in [-0.1, -0.05) is 6.92 Å². The Balaban J connectivity index is 2.41. The largest absolute Gasteiger partial charge is 0.385 e. The molecule has 0 aromatic rings. The molecule has 21 heavy (non-hydrogen) atoms. The molecule has 1 fully saturated rings. The molecule has 5 nitrogen and oxygen atoms in total. The summed E-state index contributed by atoms with van der Waals surface area (Å²) in [6.45, 7) is 7.13. The van der Waals surface area contributed by atoms with Crippen LogP contribution in [0, 0.1) is 11.8 Å². The molecule has 1 unspecified atom stereocenters. The van der Waals surface area contributed by atoms with Gasteiger partial charge in [-0.2, -0.15) is 0 Å². The SMILES string of the molecule is COCCCN(CCOC)C(=O)CC(C)C1CCNCC1. The van der Waals surface area contributed by atoms with Gasteiger partial charge in [0.15, 0.2) is 0 Å². The Morgan fingerprint density at radius 1 is 1.19 bits per heavy atom. The fourth-order valence-corrected chi connectivity index (χ4v) is 2.95. The average Bonchev–Trinajstić information content (AvgIpc) is 2.51. The number of ether oxygens (including phenoxy) is 2. The van der Waals surface area contributed by atoms with Gasteiger partial charge in [0.2, 0.25) is 5.91 Å². The molecule has 0 aromatic heterocycles. The Morgan fingerprint density at radius 3 is 2.48 bits per heavy atom. The predicted molar refractivity (Wildman–Crippen MR) is 84.3 cm³/mol. The topological polar surface area (TPSA) is 50.8 Å². The summed E-state index contributed by atoms with van der Waals surface area (Å²) in [4.78, 5) is 14.4. The third-order valence-corrected chi connectivity index (χ3v) is 4.38. The lowest BCUT2D eigenvalue weighted by Gasteiger charge is -2.30. The first-order valence-corrected chi connectivity index (χ1v) is 8.15. The summed E-state index contributed by atoms with van der Waals surface area (Å²) in [5.74, 6) is 1.40. The van der Waals surface area contributed by atoms with Gasteiger partial charge in [-0.3, -0.25) is 4.79 Å². The lowest BCUT2D eigenvalue weighted by atomic mass is 9.84. The minimum Gasteiger partial charge on any atom is -0.385 e. The highest BCUT2D eigenvalue weighted by molar-refractivity contribution is 5.76. The van der Waals surface area contributed by atoms with Crippen molar-refractivity contribution in [1.29, 1.82) is 0 Å². The highest BCUT2D eigenvalue weighted by Gasteiger charge is 2.24. The summed E-state index contributed by atoms with van der Waals surface area (Å²) in [7, 11) is 3.37. The first kappa shape index (κ1) is 18.4. The normalized spacial score (nSPS) is 17.7. The summed E-state index contributed by atoms with van der Waals surface area (Å²) in [5.41, 5.74) is 0. The van der Waals surface area contributed by atoms with Crippen LogP contribution in [0.5, 0.6) is 0 Å². The van der Waals surface area contributed by atoms with Crippen LogP contribution in [0.15, 0.2) is 0 Å². The molecule has 1 rings (SSSR count). The van der Waals surface area contributed by atoms with Crippen LogP contribution in [0.4, 0.5) is 0 Å². The summed E-state index contributed by atoms with van der Waals surface area (Å²) in [6.07, 6.45) is 3.92. The standard InChI is InChI=1S/C16H32N2O3/c1-14(15-5-7-17-8-6-15)13-16(19)18(10-12-21-3)9-4-11-20-2/h14-15,17H,4-13H2,1-3H3. The second-order valence-electron chi connectivity index (χ2n) is 5.99. The lowest BCUT2D eigenvalue weighted by Crippen LogP contribution is -2.38. The van der Waals surface area contributed by atoms with Crippen molar-refractivity contribution in [2.75, 3.05) is 53.6 Å². The van der Waals surface area contributed by atoms with Crippen molar-refractivity contribution in [2.45, 2.75) is 32.6 Å². The van der Waals surface area contributed by atoms with Gasteiger partial charge in [-0.25, -0.2) is 0 Å². The molecule has 1 heterocycles. The van der Waals surface area contributed by atoms with Crippen LogP contribution in [0.2, 0.25) is 0 Å². The number of hydrogen-bond acceptors (Lipinski definition) is 4. The van der Waals surface area contributed by atoms with Crippen LogP contribution in [0.25, 0.3) is 0 Å². The molecule has 0 radical (unpaired) electrons. The Hall–Kier alpha value is -0.650. The Morgan fingerprint density at radius 2 is 1.86 bits per heavy atom. The Bertz CT molecular complexity index is 281. The molecule has 1 saturated heterocycles. The van der Waals surface area contributed by atoms with Crippen LogP contribution in [0.3, 0.4) is 0 Å². The van der Waals surface area contributed by atoms with E-state index in [1.165, 1.54) is 12.8 Å². The fourth-order valence-electron chi connectivity index (χ4n) is 2.95. The van der Waals surface area contributed by atoms with E-state index >= 15 is 0 Å². The van der Waals surface area contributed by atoms with Crippen molar-refractivity contribution in [1.82, 2.24) is 10.2 Å². The van der Waals surface area contributed by atoms with Gasteiger partial charge in [0.25, 0.3) is 0 Å². The molecule has 0 aromatic carbocycles. The first-order valence-electron chi connectivity index (χ1n) is 8.15. The third-order valence-electron chi connectivity index (χ3n) is 4.38. The van der Waals surface area contributed by atoms with Crippen LogP contribution < -0.4 is 5.32 Å². The van der Waals surface area contributed by atoms with Crippen LogP contribution >= 0.6 is 0 Å². The quantitative estimate of drug-likeness (QED) is 0.622. The molecule has 0 aliphatic carbocycles. The fraction of sp³-hybridized carbons (Fsp3) is 0.938. The zero-order valence-electron chi connectivity index (χ0n) is 13.9. The number of carbonyl (C=O) groups excluding carboxylic acids is 1. The summed E-state index contributed by atoms with van der Waals surface area (Å²) in [5, 5.41) is 3.38. The molecule has 5 heteroatoms. The van der Waals surface area contributed by atoms with E-state index in [2.05, 4.69) is 12.2 Å². The van der Waals surface area contributed by atoms with Crippen LogP contribution in [-0.4, -0.2) is 64.4 Å². The molecule has 0 saturated carbocycles. The van der Waals surface area contributed by atoms with Crippen molar-refractivity contribution in [3.8, 4) is 0 Å². The summed E-state index contributed by atoms with van der Waals surface area (Å²) < 4.78 is 10.2. The number of nitrogens with one attached hydrogen (secondary N) is 1. The Kier molecular flexibility index (Phi) is 9.63. The molecule has 1 atom stereocenters. The second kappa shape index (κ2) is 11.0. The van der Waals surface area contributed by atoms with E-state index in [0.717, 1.165) is 26.1 Å². The highest BCUT2D eigenvalue weighted by atomic mass is 16.5. The van der Waals surface area contributed by atoms with Crippen molar-refractivity contribution in [3.63, 3.8) is 0 Å². The second-order valence-corrected chi connectivity index (χ2v) is 5.99.